The number of fused-ring (bicyclic) bond motifs is 7. The molecule has 19 rings (SSSR count). The largest absolute Gasteiger partial charge is 0.310 e. The summed E-state index contributed by atoms with van der Waals surface area (Å²) >= 11 is 0. The second kappa shape index (κ2) is 25.5. The van der Waals surface area contributed by atoms with Crippen LogP contribution < -0.4 is 9.80 Å². The summed E-state index contributed by atoms with van der Waals surface area (Å²) < 4.78 is 0. The molecule has 476 valence electrons. The van der Waals surface area contributed by atoms with Crippen molar-refractivity contribution in [2.75, 3.05) is 9.80 Å². The van der Waals surface area contributed by atoms with Gasteiger partial charge in [0.25, 0.3) is 0 Å². The maximum absolute atomic E-state index is 2.50. The zero-order chi connectivity index (χ0) is 67.5. The Hall–Kier alpha value is -13.4. The van der Waals surface area contributed by atoms with Crippen molar-refractivity contribution in [3.63, 3.8) is 0 Å². The van der Waals surface area contributed by atoms with Gasteiger partial charge in [-0.1, -0.05) is 315 Å². The molecule has 0 radical (unpaired) electrons. The summed E-state index contributed by atoms with van der Waals surface area (Å²) in [4.78, 5) is 4.87. The zero-order valence-corrected chi connectivity index (χ0v) is 56.0. The van der Waals surface area contributed by atoms with Crippen LogP contribution in [0.4, 0.5) is 34.1 Å². The van der Waals surface area contributed by atoms with Crippen LogP contribution in [0.2, 0.25) is 0 Å². The van der Waals surface area contributed by atoms with E-state index in [1.165, 1.54) is 103 Å². The monoisotopic (exact) mass is 1290 g/mol. The molecular weight excluding hydrogens is 1230 g/mol. The molecule has 0 amide bonds. The van der Waals surface area contributed by atoms with Crippen molar-refractivity contribution in [2.45, 2.75) is 0 Å². The topological polar surface area (TPSA) is 6.48 Å². The number of anilines is 6. The molecule has 0 aromatic heterocycles. The van der Waals surface area contributed by atoms with Crippen LogP contribution in [-0.2, 0) is 0 Å². The highest BCUT2D eigenvalue weighted by atomic mass is 15.1. The van der Waals surface area contributed by atoms with Crippen molar-refractivity contribution >= 4 is 110 Å². The second-order valence-electron chi connectivity index (χ2n) is 26.7. The highest BCUT2D eigenvalue weighted by Crippen LogP contribution is 2.50. The fraction of sp³-hybridized carbons (Fsp3) is 0. The van der Waals surface area contributed by atoms with Crippen LogP contribution in [0.25, 0.3) is 153 Å². The number of para-hydroxylation sites is 1. The van der Waals surface area contributed by atoms with Crippen LogP contribution in [0, 0.1) is 0 Å². The molecule has 0 aliphatic heterocycles. The molecule has 0 unspecified atom stereocenters. The summed E-state index contributed by atoms with van der Waals surface area (Å²) in [7, 11) is 0. The molecule has 0 spiro atoms. The lowest BCUT2D eigenvalue weighted by molar-refractivity contribution is 1.29. The highest BCUT2D eigenvalue weighted by molar-refractivity contribution is 6.18. The van der Waals surface area contributed by atoms with Gasteiger partial charge in [-0.15, -0.1) is 0 Å². The van der Waals surface area contributed by atoms with Crippen LogP contribution in [0.5, 0.6) is 0 Å². The first-order valence-corrected chi connectivity index (χ1v) is 35.2. The molecule has 2 heteroatoms. The van der Waals surface area contributed by atoms with Crippen LogP contribution in [-0.4, -0.2) is 0 Å². The minimum absolute atomic E-state index is 1.03. The lowest BCUT2D eigenvalue weighted by Gasteiger charge is -2.29. The quantitative estimate of drug-likeness (QED) is 0.114. The van der Waals surface area contributed by atoms with Gasteiger partial charge in [0.2, 0.25) is 0 Å². The van der Waals surface area contributed by atoms with E-state index in [2.05, 4.69) is 410 Å². The lowest BCUT2D eigenvalue weighted by atomic mass is 9.84. The molecule has 0 N–H and O–H groups in total. The molecule has 19 aromatic carbocycles. The van der Waals surface area contributed by atoms with Crippen molar-refractivity contribution in [3.8, 4) is 77.9 Å². The normalized spacial score (nSPS) is 11.5. The third-order valence-corrected chi connectivity index (χ3v) is 20.8. The molecule has 0 aliphatic rings. The Kier molecular flexibility index (Phi) is 14.9. The van der Waals surface area contributed by atoms with Crippen molar-refractivity contribution in [3.05, 3.63) is 400 Å². The molecular formula is C100H66N2. The molecule has 102 heavy (non-hydrogen) atoms. The fourth-order valence-electron chi connectivity index (χ4n) is 16.0. The number of benzene rings is 19. The van der Waals surface area contributed by atoms with Gasteiger partial charge < -0.3 is 9.80 Å². The summed E-state index contributed by atoms with van der Waals surface area (Å²) in [6.45, 7) is 0. The van der Waals surface area contributed by atoms with Gasteiger partial charge in [-0.2, -0.15) is 0 Å². The Labute approximate surface area is 593 Å². The Morgan fingerprint density at radius 2 is 0.412 bits per heavy atom. The van der Waals surface area contributed by atoms with E-state index in [0.717, 1.165) is 84.0 Å². The van der Waals surface area contributed by atoms with Crippen molar-refractivity contribution in [2.24, 2.45) is 0 Å². The second-order valence-corrected chi connectivity index (χ2v) is 26.7. The van der Waals surface area contributed by atoms with E-state index in [9.17, 15) is 0 Å². The van der Waals surface area contributed by atoms with Gasteiger partial charge in [0.05, 0.1) is 11.4 Å². The predicted octanol–water partition coefficient (Wildman–Crippen LogP) is 28.4. The molecule has 19 aromatic rings. The average molecular weight is 1300 g/mol. The molecule has 0 fully saturated rings. The van der Waals surface area contributed by atoms with E-state index < -0.39 is 0 Å². The fourth-order valence-corrected chi connectivity index (χ4v) is 16.0. The van der Waals surface area contributed by atoms with E-state index in [0.29, 0.717) is 0 Å². The van der Waals surface area contributed by atoms with Gasteiger partial charge in [-0.25, -0.2) is 0 Å². The summed E-state index contributed by atoms with van der Waals surface area (Å²) in [6, 6.07) is 148. The van der Waals surface area contributed by atoms with Crippen LogP contribution >= 0.6 is 0 Å². The van der Waals surface area contributed by atoms with Crippen LogP contribution in [0.15, 0.2) is 400 Å². The third-order valence-electron chi connectivity index (χ3n) is 20.8. The predicted molar refractivity (Wildman–Crippen MR) is 436 cm³/mol. The van der Waals surface area contributed by atoms with Gasteiger partial charge in [-0.3, -0.25) is 0 Å². The molecule has 0 saturated carbocycles. The van der Waals surface area contributed by atoms with Gasteiger partial charge in [-0.05, 0) is 227 Å². The first kappa shape index (κ1) is 59.8. The summed E-state index contributed by atoms with van der Waals surface area (Å²) in [5, 5.41) is 16.8. The van der Waals surface area contributed by atoms with Crippen LogP contribution in [0.1, 0.15) is 0 Å². The number of rotatable bonds is 13. The maximum Gasteiger partial charge on any atom is 0.0540 e. The summed E-state index contributed by atoms with van der Waals surface area (Å²) in [6.07, 6.45) is 0. The zero-order valence-electron chi connectivity index (χ0n) is 56.0. The molecule has 0 bridgehead atoms. The minimum atomic E-state index is 1.03. The van der Waals surface area contributed by atoms with Gasteiger partial charge in [0.15, 0.2) is 0 Å². The van der Waals surface area contributed by atoms with Crippen molar-refractivity contribution < 1.29 is 0 Å². The lowest BCUT2D eigenvalue weighted by Crippen LogP contribution is -2.11. The van der Waals surface area contributed by atoms with Gasteiger partial charge >= 0.3 is 0 Å². The Morgan fingerprint density at radius 3 is 0.882 bits per heavy atom. The SMILES string of the molecule is c1ccc(N(c2ccc(-c3ccc(N(c4cc(-c5cc(-c6cccc7ccccc67)cc(-c6cccc7ccccc67)c5)cc(-c5ccc(-c6cccc7ccccc67)c6c(-c7cccc8ccccc78)cccc56)c4)c4cccc5ccccc45)cc3)cc2)c2cccc3ccccc23)cc1. The molecule has 0 saturated heterocycles. The number of hydrogen-bond donors (Lipinski definition) is 0. The van der Waals surface area contributed by atoms with Crippen LogP contribution in [0.3, 0.4) is 0 Å². The maximum atomic E-state index is 2.50. The number of nitrogens with zero attached hydrogens (tertiary/aromatic N) is 2. The summed E-state index contributed by atoms with van der Waals surface area (Å²) in [5.74, 6) is 0. The van der Waals surface area contributed by atoms with E-state index in [1.54, 1.807) is 0 Å². The van der Waals surface area contributed by atoms with Crippen molar-refractivity contribution in [1.82, 2.24) is 0 Å². The molecule has 0 heterocycles. The molecule has 0 atom stereocenters. The smallest absolute Gasteiger partial charge is 0.0540 e. The Morgan fingerprint density at radius 1 is 0.137 bits per heavy atom. The standard InChI is InChI=1S/C100H66N2/c1-2-35-80(36-3-1)101(98-49-20-33-73-27-8-14-41-91(73)98)81-55-51-67(52-56-81)68-53-57-82(58-54-68)102(99-50-21-34-74-28-9-15-42-92(74)99)83-65-76(75-61-77(88-43-16-29-69-23-4-10-37-84(69)88)64-78(62-75)89-44-17-30-70-24-5-11-38-85(70)89)63-79(66-83)90-59-60-97(94-46-19-32-72-26-7-13-40-87(72)94)100-95(90)47-22-48-96(100)93-45-18-31-71-25-6-12-39-86(71)93/h1-66H. The van der Waals surface area contributed by atoms with Crippen molar-refractivity contribution in [1.29, 1.82) is 0 Å². The number of hydrogen-bond acceptors (Lipinski definition) is 2. The average Bonchev–Trinajstić information content (AvgIpc) is 0.729. The highest BCUT2D eigenvalue weighted by Gasteiger charge is 2.24. The van der Waals surface area contributed by atoms with E-state index in [4.69, 9.17) is 0 Å². The van der Waals surface area contributed by atoms with E-state index in [1.807, 2.05) is 0 Å². The first-order valence-electron chi connectivity index (χ1n) is 35.2. The first-order chi connectivity index (χ1) is 50.6. The Balaban J connectivity index is 0.846. The Bertz CT molecular complexity index is 6230. The van der Waals surface area contributed by atoms with E-state index in [-0.39, 0.29) is 0 Å². The summed E-state index contributed by atoms with van der Waals surface area (Å²) in [5.41, 5.74) is 22.7. The van der Waals surface area contributed by atoms with Gasteiger partial charge in [0.1, 0.15) is 0 Å². The third kappa shape index (κ3) is 10.7. The molecule has 0 aliphatic carbocycles. The van der Waals surface area contributed by atoms with E-state index >= 15 is 0 Å². The van der Waals surface area contributed by atoms with Gasteiger partial charge in [0, 0.05) is 33.5 Å². The minimum Gasteiger partial charge on any atom is -0.310 e. The molecule has 2 nitrogen and oxygen atoms in total.